The summed E-state index contributed by atoms with van der Waals surface area (Å²) < 4.78 is 41.4. The highest BCUT2D eigenvalue weighted by Crippen LogP contribution is 2.22. The Bertz CT molecular complexity index is 231. The Balaban J connectivity index is 1.63. The highest BCUT2D eigenvalue weighted by atomic mass is 19.4. The molecule has 0 spiro atoms. The quantitative estimate of drug-likeness (QED) is 0.786. The fourth-order valence-electron chi connectivity index (χ4n) is 2.16. The van der Waals surface area contributed by atoms with Crippen LogP contribution in [0, 0.1) is 5.92 Å². The number of hydrogen-bond acceptors (Lipinski definition) is 3. The van der Waals surface area contributed by atoms with Crippen LogP contribution in [0.5, 0.6) is 0 Å². The van der Waals surface area contributed by atoms with Crippen LogP contribution in [0.15, 0.2) is 0 Å². The minimum atomic E-state index is -4.07. The first kappa shape index (κ1) is 12.1. The van der Waals surface area contributed by atoms with E-state index in [1.165, 1.54) is 4.90 Å². The van der Waals surface area contributed by atoms with E-state index in [4.69, 9.17) is 4.74 Å². The molecule has 94 valence electrons. The zero-order valence-electron chi connectivity index (χ0n) is 9.09. The summed E-state index contributed by atoms with van der Waals surface area (Å²) in [5.74, 6) is 0.350. The van der Waals surface area contributed by atoms with E-state index >= 15 is 0 Å². The van der Waals surface area contributed by atoms with Crippen molar-refractivity contribution < 1.29 is 17.9 Å². The number of rotatable bonds is 4. The van der Waals surface area contributed by atoms with Crippen LogP contribution < -0.4 is 5.32 Å². The fourth-order valence-corrected chi connectivity index (χ4v) is 2.16. The molecule has 0 amide bonds. The fraction of sp³-hybridized carbons (Fsp3) is 1.00. The first-order valence-corrected chi connectivity index (χ1v) is 5.63. The molecule has 0 aromatic carbocycles. The molecule has 0 radical (unpaired) electrons. The molecule has 16 heavy (non-hydrogen) atoms. The van der Waals surface area contributed by atoms with Gasteiger partial charge in [-0.25, -0.2) is 0 Å². The van der Waals surface area contributed by atoms with E-state index in [2.05, 4.69) is 5.32 Å². The predicted octanol–water partition coefficient (Wildman–Crippen LogP) is 0.859. The summed E-state index contributed by atoms with van der Waals surface area (Å²) in [7, 11) is 0. The molecule has 1 N–H and O–H groups in total. The Morgan fingerprint density at radius 2 is 2.06 bits per heavy atom. The molecule has 2 saturated heterocycles. The number of alkyl halides is 3. The van der Waals surface area contributed by atoms with Crippen molar-refractivity contribution in [3.05, 3.63) is 0 Å². The molecule has 2 heterocycles. The van der Waals surface area contributed by atoms with Crippen LogP contribution in [-0.2, 0) is 4.74 Å². The standard InChI is InChI=1S/C10H17F3N2O/c11-10(12,13)7-15-2-1-8(4-15)3-14-9-5-16-6-9/h8-9,14H,1-7H2. The van der Waals surface area contributed by atoms with Crippen LogP contribution in [-0.4, -0.2) is 56.5 Å². The van der Waals surface area contributed by atoms with Gasteiger partial charge in [0.2, 0.25) is 0 Å². The molecule has 0 aromatic heterocycles. The second-order valence-electron chi connectivity index (χ2n) is 4.65. The Morgan fingerprint density at radius 3 is 2.62 bits per heavy atom. The summed E-state index contributed by atoms with van der Waals surface area (Å²) in [6, 6.07) is 0.414. The molecule has 0 aromatic rings. The summed E-state index contributed by atoms with van der Waals surface area (Å²) in [5.41, 5.74) is 0. The monoisotopic (exact) mass is 238 g/mol. The normalized spacial score (nSPS) is 28.3. The first-order chi connectivity index (χ1) is 7.53. The Morgan fingerprint density at radius 1 is 1.31 bits per heavy atom. The van der Waals surface area contributed by atoms with Crippen molar-refractivity contribution in [2.75, 3.05) is 39.4 Å². The first-order valence-electron chi connectivity index (χ1n) is 5.63. The zero-order chi connectivity index (χ0) is 11.6. The molecule has 0 bridgehead atoms. The molecule has 1 atom stereocenters. The van der Waals surface area contributed by atoms with Crippen LogP contribution in [0.25, 0.3) is 0 Å². The van der Waals surface area contributed by atoms with Gasteiger partial charge in [-0.2, -0.15) is 13.2 Å². The van der Waals surface area contributed by atoms with Crippen LogP contribution in [0.3, 0.4) is 0 Å². The lowest BCUT2D eigenvalue weighted by Gasteiger charge is -2.28. The third kappa shape index (κ3) is 3.61. The lowest BCUT2D eigenvalue weighted by atomic mass is 10.1. The van der Waals surface area contributed by atoms with E-state index in [-0.39, 0.29) is 0 Å². The lowest BCUT2D eigenvalue weighted by Crippen LogP contribution is -2.47. The third-order valence-corrected chi connectivity index (χ3v) is 3.11. The van der Waals surface area contributed by atoms with E-state index in [0.717, 1.165) is 26.2 Å². The maximum absolute atomic E-state index is 12.1. The number of hydrogen-bond donors (Lipinski definition) is 1. The summed E-state index contributed by atoms with van der Waals surface area (Å²) in [6.07, 6.45) is -3.21. The van der Waals surface area contributed by atoms with Crippen molar-refractivity contribution in [1.82, 2.24) is 10.2 Å². The van der Waals surface area contributed by atoms with Gasteiger partial charge < -0.3 is 10.1 Å². The molecule has 2 aliphatic rings. The minimum Gasteiger partial charge on any atom is -0.378 e. The number of nitrogens with zero attached hydrogens (tertiary/aromatic N) is 1. The molecule has 1 unspecified atom stereocenters. The smallest absolute Gasteiger partial charge is 0.378 e. The average Bonchev–Trinajstić information content (AvgIpc) is 2.46. The van der Waals surface area contributed by atoms with Gasteiger partial charge in [-0.05, 0) is 25.4 Å². The maximum Gasteiger partial charge on any atom is 0.401 e. The molecule has 2 rings (SSSR count). The molecule has 3 nitrogen and oxygen atoms in total. The van der Waals surface area contributed by atoms with Crippen LogP contribution in [0.1, 0.15) is 6.42 Å². The summed E-state index contributed by atoms with van der Waals surface area (Å²) in [4.78, 5) is 1.49. The molecule has 6 heteroatoms. The lowest BCUT2D eigenvalue weighted by molar-refractivity contribution is -0.143. The van der Waals surface area contributed by atoms with Gasteiger partial charge in [0.15, 0.2) is 0 Å². The molecular weight excluding hydrogens is 221 g/mol. The van der Waals surface area contributed by atoms with Crippen molar-refractivity contribution in [3.63, 3.8) is 0 Å². The van der Waals surface area contributed by atoms with Crippen molar-refractivity contribution in [2.45, 2.75) is 18.6 Å². The van der Waals surface area contributed by atoms with Gasteiger partial charge in [-0.15, -0.1) is 0 Å². The van der Waals surface area contributed by atoms with Gasteiger partial charge in [-0.1, -0.05) is 0 Å². The number of likely N-dealkylation sites (tertiary alicyclic amines) is 1. The zero-order valence-corrected chi connectivity index (χ0v) is 9.09. The van der Waals surface area contributed by atoms with Crippen molar-refractivity contribution in [2.24, 2.45) is 5.92 Å². The summed E-state index contributed by atoms with van der Waals surface area (Å²) in [6.45, 7) is 2.63. The SMILES string of the molecule is FC(F)(F)CN1CCC(CNC2COC2)C1. The van der Waals surface area contributed by atoms with E-state index in [1.54, 1.807) is 0 Å². The van der Waals surface area contributed by atoms with E-state index in [1.807, 2.05) is 0 Å². The highest BCUT2D eigenvalue weighted by molar-refractivity contribution is 4.81. The predicted molar refractivity (Wildman–Crippen MR) is 53.2 cm³/mol. The molecule has 0 saturated carbocycles. The topological polar surface area (TPSA) is 24.5 Å². The average molecular weight is 238 g/mol. The van der Waals surface area contributed by atoms with Crippen LogP contribution in [0.4, 0.5) is 13.2 Å². The second-order valence-corrected chi connectivity index (χ2v) is 4.65. The van der Waals surface area contributed by atoms with Gasteiger partial charge in [-0.3, -0.25) is 4.90 Å². The minimum absolute atomic E-state index is 0.350. The number of ether oxygens (including phenoxy) is 1. The second kappa shape index (κ2) is 4.89. The third-order valence-electron chi connectivity index (χ3n) is 3.11. The van der Waals surface area contributed by atoms with Crippen molar-refractivity contribution >= 4 is 0 Å². The highest BCUT2D eigenvalue weighted by Gasteiger charge is 2.34. The largest absolute Gasteiger partial charge is 0.401 e. The molecular formula is C10H17F3N2O. The molecule has 0 aliphatic carbocycles. The number of halogens is 3. The Labute approximate surface area is 92.9 Å². The van der Waals surface area contributed by atoms with Gasteiger partial charge in [0.1, 0.15) is 0 Å². The summed E-state index contributed by atoms with van der Waals surface area (Å²) in [5, 5.41) is 3.31. The van der Waals surface area contributed by atoms with Crippen LogP contribution in [0.2, 0.25) is 0 Å². The Kier molecular flexibility index (Phi) is 3.71. The Hall–Kier alpha value is -0.330. The van der Waals surface area contributed by atoms with Gasteiger partial charge >= 0.3 is 6.18 Å². The van der Waals surface area contributed by atoms with Gasteiger partial charge in [0.25, 0.3) is 0 Å². The van der Waals surface area contributed by atoms with Crippen molar-refractivity contribution in [3.8, 4) is 0 Å². The maximum atomic E-state index is 12.1. The van der Waals surface area contributed by atoms with Gasteiger partial charge in [0, 0.05) is 6.54 Å². The van der Waals surface area contributed by atoms with Crippen molar-refractivity contribution in [1.29, 1.82) is 0 Å². The summed E-state index contributed by atoms with van der Waals surface area (Å²) >= 11 is 0. The van der Waals surface area contributed by atoms with E-state index in [9.17, 15) is 13.2 Å². The van der Waals surface area contributed by atoms with E-state index in [0.29, 0.717) is 25.0 Å². The molecule has 2 fully saturated rings. The van der Waals surface area contributed by atoms with E-state index < -0.39 is 12.7 Å². The molecule has 2 aliphatic heterocycles. The number of nitrogens with one attached hydrogen (secondary N) is 1. The van der Waals surface area contributed by atoms with Crippen LogP contribution >= 0.6 is 0 Å². The van der Waals surface area contributed by atoms with Gasteiger partial charge in [0.05, 0.1) is 25.8 Å².